The fourth-order valence-electron chi connectivity index (χ4n) is 1.69. The Morgan fingerprint density at radius 3 is 2.80 bits per heavy atom. The molecule has 1 N–H and O–H groups in total. The van der Waals surface area contributed by atoms with Gasteiger partial charge >= 0.3 is 6.18 Å². The van der Waals surface area contributed by atoms with Crippen LogP contribution < -0.4 is 5.32 Å². The lowest BCUT2D eigenvalue weighted by molar-refractivity contribution is -0.141. The molecule has 2 heterocycles. The standard InChI is InChI=1S/C13H14F3N3O/c1-9(4-5-10-3-2-8-20-10)18-12-17-7-6-11(19-12)13(14,15)16/h2-3,6-9H,4-5H2,1H3,(H,17,18,19). The number of alkyl halides is 3. The van der Waals surface area contributed by atoms with Crippen LogP contribution in [-0.2, 0) is 12.6 Å². The largest absolute Gasteiger partial charge is 0.469 e. The Kier molecular flexibility index (Phi) is 4.26. The van der Waals surface area contributed by atoms with Gasteiger partial charge in [-0.1, -0.05) is 0 Å². The molecule has 0 aliphatic carbocycles. The minimum Gasteiger partial charge on any atom is -0.469 e. The van der Waals surface area contributed by atoms with Gasteiger partial charge in [0, 0.05) is 18.7 Å². The number of rotatable bonds is 5. The fraction of sp³-hybridized carbons (Fsp3) is 0.385. The van der Waals surface area contributed by atoms with Gasteiger partial charge in [0.25, 0.3) is 0 Å². The molecule has 0 saturated carbocycles. The van der Waals surface area contributed by atoms with Crippen LogP contribution in [0.25, 0.3) is 0 Å². The minimum atomic E-state index is -4.46. The van der Waals surface area contributed by atoms with E-state index in [4.69, 9.17) is 4.42 Å². The maximum atomic E-state index is 12.5. The van der Waals surface area contributed by atoms with Crippen molar-refractivity contribution >= 4 is 5.95 Å². The Balaban J connectivity index is 1.92. The van der Waals surface area contributed by atoms with Gasteiger partial charge < -0.3 is 9.73 Å². The van der Waals surface area contributed by atoms with Crippen molar-refractivity contribution in [1.82, 2.24) is 9.97 Å². The van der Waals surface area contributed by atoms with Crippen LogP contribution in [0.15, 0.2) is 35.1 Å². The van der Waals surface area contributed by atoms with Gasteiger partial charge in [-0.25, -0.2) is 9.97 Å². The molecule has 2 rings (SSSR count). The van der Waals surface area contributed by atoms with Crippen LogP contribution >= 0.6 is 0 Å². The van der Waals surface area contributed by atoms with Gasteiger partial charge in [0.2, 0.25) is 5.95 Å². The summed E-state index contributed by atoms with van der Waals surface area (Å²) in [6, 6.07) is 4.43. The van der Waals surface area contributed by atoms with E-state index in [-0.39, 0.29) is 12.0 Å². The molecule has 0 aromatic carbocycles. The number of aryl methyl sites for hydroxylation is 1. The van der Waals surface area contributed by atoms with Gasteiger partial charge in [0.1, 0.15) is 11.5 Å². The molecule has 1 atom stereocenters. The summed E-state index contributed by atoms with van der Waals surface area (Å²) in [5.74, 6) is 0.815. The monoisotopic (exact) mass is 285 g/mol. The molecule has 2 aromatic rings. The molecule has 0 fully saturated rings. The molecule has 2 aromatic heterocycles. The molecule has 0 amide bonds. The molecule has 0 bridgehead atoms. The first-order chi connectivity index (χ1) is 9.45. The van der Waals surface area contributed by atoms with E-state index >= 15 is 0 Å². The zero-order chi connectivity index (χ0) is 14.6. The molecule has 7 heteroatoms. The number of hydrogen-bond donors (Lipinski definition) is 1. The van der Waals surface area contributed by atoms with E-state index in [0.29, 0.717) is 12.8 Å². The Morgan fingerprint density at radius 2 is 2.15 bits per heavy atom. The maximum Gasteiger partial charge on any atom is 0.433 e. The Bertz CT molecular complexity index is 540. The maximum absolute atomic E-state index is 12.5. The van der Waals surface area contributed by atoms with E-state index < -0.39 is 11.9 Å². The molecule has 4 nitrogen and oxygen atoms in total. The molecule has 0 aliphatic rings. The third-order valence-corrected chi connectivity index (χ3v) is 2.73. The van der Waals surface area contributed by atoms with Gasteiger partial charge in [-0.2, -0.15) is 13.2 Å². The van der Waals surface area contributed by atoms with Gasteiger partial charge in [0.15, 0.2) is 0 Å². The number of anilines is 1. The molecule has 0 radical (unpaired) electrons. The molecule has 1 unspecified atom stereocenters. The van der Waals surface area contributed by atoms with Crippen molar-refractivity contribution in [2.75, 3.05) is 5.32 Å². The number of hydrogen-bond acceptors (Lipinski definition) is 4. The Morgan fingerprint density at radius 1 is 1.35 bits per heavy atom. The first-order valence-electron chi connectivity index (χ1n) is 6.14. The molecule has 20 heavy (non-hydrogen) atoms. The third kappa shape index (κ3) is 3.97. The van der Waals surface area contributed by atoms with Crippen molar-refractivity contribution in [3.8, 4) is 0 Å². The lowest BCUT2D eigenvalue weighted by atomic mass is 10.1. The smallest absolute Gasteiger partial charge is 0.433 e. The van der Waals surface area contributed by atoms with E-state index in [1.165, 1.54) is 0 Å². The van der Waals surface area contributed by atoms with Crippen LogP contribution in [0, 0.1) is 0 Å². The highest BCUT2D eigenvalue weighted by molar-refractivity contribution is 5.27. The van der Waals surface area contributed by atoms with Crippen LogP contribution in [-0.4, -0.2) is 16.0 Å². The summed E-state index contributed by atoms with van der Waals surface area (Å²) >= 11 is 0. The predicted molar refractivity (Wildman–Crippen MR) is 67.1 cm³/mol. The average molecular weight is 285 g/mol. The quantitative estimate of drug-likeness (QED) is 0.913. The summed E-state index contributed by atoms with van der Waals surface area (Å²) in [6.45, 7) is 1.85. The highest BCUT2D eigenvalue weighted by Crippen LogP contribution is 2.27. The first kappa shape index (κ1) is 14.4. The summed E-state index contributed by atoms with van der Waals surface area (Å²) in [5, 5.41) is 2.85. The second-order valence-electron chi connectivity index (χ2n) is 4.43. The van der Waals surface area contributed by atoms with Gasteiger partial charge in [-0.05, 0) is 31.5 Å². The van der Waals surface area contributed by atoms with Crippen molar-refractivity contribution in [2.45, 2.75) is 32.0 Å². The summed E-state index contributed by atoms with van der Waals surface area (Å²) in [4.78, 5) is 7.25. The highest BCUT2D eigenvalue weighted by atomic mass is 19.4. The Labute approximate surface area is 114 Å². The van der Waals surface area contributed by atoms with Gasteiger partial charge in [-0.15, -0.1) is 0 Å². The van der Waals surface area contributed by atoms with Crippen LogP contribution in [0.5, 0.6) is 0 Å². The zero-order valence-corrected chi connectivity index (χ0v) is 10.8. The summed E-state index contributed by atoms with van der Waals surface area (Å²) in [7, 11) is 0. The molecular formula is C13H14F3N3O. The van der Waals surface area contributed by atoms with Crippen molar-refractivity contribution in [3.63, 3.8) is 0 Å². The molecule has 0 spiro atoms. The second kappa shape index (κ2) is 5.94. The van der Waals surface area contributed by atoms with Gasteiger partial charge in [-0.3, -0.25) is 0 Å². The van der Waals surface area contributed by atoms with E-state index in [1.54, 1.807) is 12.3 Å². The van der Waals surface area contributed by atoms with Crippen LogP contribution in [0.2, 0.25) is 0 Å². The van der Waals surface area contributed by atoms with Crippen molar-refractivity contribution in [2.24, 2.45) is 0 Å². The number of halogens is 3. The summed E-state index contributed by atoms with van der Waals surface area (Å²) < 4.78 is 42.7. The second-order valence-corrected chi connectivity index (χ2v) is 4.43. The fourth-order valence-corrected chi connectivity index (χ4v) is 1.69. The number of aromatic nitrogens is 2. The summed E-state index contributed by atoms with van der Waals surface area (Å²) in [5.41, 5.74) is -0.951. The van der Waals surface area contributed by atoms with Crippen molar-refractivity contribution in [3.05, 3.63) is 42.1 Å². The minimum absolute atomic E-state index is 0.0215. The predicted octanol–water partition coefficient (Wildman–Crippen LogP) is 3.52. The molecule has 0 aliphatic heterocycles. The highest BCUT2D eigenvalue weighted by Gasteiger charge is 2.32. The SMILES string of the molecule is CC(CCc1ccco1)Nc1nccc(C(F)(F)F)n1. The summed E-state index contributed by atoms with van der Waals surface area (Å²) in [6.07, 6.45) is -0.384. The van der Waals surface area contributed by atoms with Crippen LogP contribution in [0.4, 0.5) is 19.1 Å². The van der Waals surface area contributed by atoms with Gasteiger partial charge in [0.05, 0.1) is 6.26 Å². The molecular weight excluding hydrogens is 271 g/mol. The van der Waals surface area contributed by atoms with Crippen LogP contribution in [0.3, 0.4) is 0 Å². The van der Waals surface area contributed by atoms with E-state index in [9.17, 15) is 13.2 Å². The van der Waals surface area contributed by atoms with Crippen molar-refractivity contribution < 1.29 is 17.6 Å². The number of nitrogens with zero attached hydrogens (tertiary/aromatic N) is 2. The lowest BCUT2D eigenvalue weighted by Crippen LogP contribution is -2.19. The normalized spacial score (nSPS) is 13.2. The third-order valence-electron chi connectivity index (χ3n) is 2.73. The van der Waals surface area contributed by atoms with Crippen molar-refractivity contribution in [1.29, 1.82) is 0 Å². The topological polar surface area (TPSA) is 51.0 Å². The average Bonchev–Trinajstić information content (AvgIpc) is 2.89. The zero-order valence-electron chi connectivity index (χ0n) is 10.8. The van der Waals surface area contributed by atoms with E-state index in [1.807, 2.05) is 13.0 Å². The number of furan rings is 1. The molecule has 108 valence electrons. The molecule has 0 saturated heterocycles. The Hall–Kier alpha value is -2.05. The lowest BCUT2D eigenvalue weighted by Gasteiger charge is -2.14. The van der Waals surface area contributed by atoms with Crippen LogP contribution in [0.1, 0.15) is 24.8 Å². The number of nitrogens with one attached hydrogen (secondary N) is 1. The van der Waals surface area contributed by atoms with E-state index in [0.717, 1.165) is 18.0 Å². The first-order valence-corrected chi connectivity index (χ1v) is 6.14. The van der Waals surface area contributed by atoms with E-state index in [2.05, 4.69) is 15.3 Å².